The molecule has 2 heteroatoms. The Balaban J connectivity index is 2.09. The highest BCUT2D eigenvalue weighted by molar-refractivity contribution is 5.17. The second-order valence-corrected chi connectivity index (χ2v) is 4.32. The average Bonchev–Trinajstić information content (AvgIpc) is 2.38. The molecule has 2 nitrogen and oxygen atoms in total. The lowest BCUT2D eigenvalue weighted by Gasteiger charge is -2.34. The largest absolute Gasteiger partial charge is 0.359 e. The molecule has 1 heterocycles. The Kier molecular flexibility index (Phi) is 4.37. The molecule has 0 aromatic heterocycles. The lowest BCUT2D eigenvalue weighted by molar-refractivity contribution is -0.0652. The fourth-order valence-corrected chi connectivity index (χ4v) is 2.34. The van der Waals surface area contributed by atoms with Gasteiger partial charge in [0.1, 0.15) is 6.23 Å². The summed E-state index contributed by atoms with van der Waals surface area (Å²) >= 11 is 0. The van der Waals surface area contributed by atoms with E-state index in [1.54, 1.807) is 0 Å². The van der Waals surface area contributed by atoms with E-state index in [4.69, 9.17) is 4.74 Å². The van der Waals surface area contributed by atoms with Crippen LogP contribution in [0.15, 0.2) is 30.3 Å². The van der Waals surface area contributed by atoms with Gasteiger partial charge in [-0.2, -0.15) is 0 Å². The first-order chi connectivity index (χ1) is 7.92. The molecule has 0 radical (unpaired) electrons. The van der Waals surface area contributed by atoms with E-state index in [9.17, 15) is 0 Å². The van der Waals surface area contributed by atoms with Crippen LogP contribution >= 0.6 is 0 Å². The van der Waals surface area contributed by atoms with Gasteiger partial charge in [-0.05, 0) is 25.3 Å². The number of piperidine rings is 1. The van der Waals surface area contributed by atoms with E-state index in [1.165, 1.54) is 37.9 Å². The van der Waals surface area contributed by atoms with Crippen molar-refractivity contribution in [2.75, 3.05) is 19.7 Å². The first kappa shape index (κ1) is 11.6. The molecule has 1 atom stereocenters. The average molecular weight is 219 g/mol. The first-order valence-corrected chi connectivity index (χ1v) is 6.32. The van der Waals surface area contributed by atoms with Crippen LogP contribution in [0, 0.1) is 0 Å². The summed E-state index contributed by atoms with van der Waals surface area (Å²) in [5.41, 5.74) is 1.28. The maximum Gasteiger partial charge on any atom is 0.136 e. The third kappa shape index (κ3) is 2.83. The number of hydrogen-bond donors (Lipinski definition) is 0. The first-order valence-electron chi connectivity index (χ1n) is 6.32. The van der Waals surface area contributed by atoms with Crippen molar-refractivity contribution in [1.82, 2.24) is 4.90 Å². The Labute approximate surface area is 98.2 Å². The van der Waals surface area contributed by atoms with E-state index in [0.717, 1.165) is 6.61 Å². The van der Waals surface area contributed by atoms with Gasteiger partial charge in [0.05, 0.1) is 0 Å². The van der Waals surface area contributed by atoms with Crippen LogP contribution in [-0.4, -0.2) is 24.6 Å². The third-order valence-corrected chi connectivity index (χ3v) is 3.13. The Morgan fingerprint density at radius 3 is 2.44 bits per heavy atom. The molecule has 0 saturated carbocycles. The molecule has 0 spiro atoms. The van der Waals surface area contributed by atoms with Gasteiger partial charge in [0.2, 0.25) is 0 Å². The molecule has 1 aromatic carbocycles. The highest BCUT2D eigenvalue weighted by Crippen LogP contribution is 2.25. The summed E-state index contributed by atoms with van der Waals surface area (Å²) in [5, 5.41) is 0. The van der Waals surface area contributed by atoms with Crippen molar-refractivity contribution < 1.29 is 4.74 Å². The van der Waals surface area contributed by atoms with E-state index in [2.05, 4.69) is 42.2 Å². The molecular formula is C14H21NO. The van der Waals surface area contributed by atoms with Crippen LogP contribution in [0.4, 0.5) is 0 Å². The van der Waals surface area contributed by atoms with E-state index in [0.29, 0.717) is 0 Å². The Morgan fingerprint density at radius 1 is 1.12 bits per heavy atom. The predicted molar refractivity (Wildman–Crippen MR) is 66.2 cm³/mol. The molecule has 0 amide bonds. The van der Waals surface area contributed by atoms with E-state index < -0.39 is 0 Å². The zero-order valence-electron chi connectivity index (χ0n) is 10.1. The number of benzene rings is 1. The summed E-state index contributed by atoms with van der Waals surface area (Å²) in [4.78, 5) is 2.46. The highest BCUT2D eigenvalue weighted by Gasteiger charge is 2.21. The topological polar surface area (TPSA) is 12.5 Å². The predicted octanol–water partition coefficient (Wildman–Crippen LogP) is 3.21. The minimum absolute atomic E-state index is 0.159. The van der Waals surface area contributed by atoms with Gasteiger partial charge in [-0.3, -0.25) is 4.90 Å². The molecule has 0 aliphatic carbocycles. The van der Waals surface area contributed by atoms with E-state index >= 15 is 0 Å². The number of nitrogens with zero attached hydrogens (tertiary/aromatic N) is 1. The van der Waals surface area contributed by atoms with Crippen LogP contribution in [0.3, 0.4) is 0 Å². The second-order valence-electron chi connectivity index (χ2n) is 4.32. The number of likely N-dealkylation sites (tertiary alicyclic amines) is 1. The van der Waals surface area contributed by atoms with Crippen LogP contribution in [0.25, 0.3) is 0 Å². The van der Waals surface area contributed by atoms with Gasteiger partial charge in [-0.1, -0.05) is 36.8 Å². The maximum atomic E-state index is 5.89. The SMILES string of the molecule is CCOC(c1ccccc1)N1CCCCC1. The molecule has 88 valence electrons. The van der Waals surface area contributed by atoms with Crippen LogP contribution in [0.1, 0.15) is 38.0 Å². The Bertz CT molecular complexity index is 293. The lowest BCUT2D eigenvalue weighted by Crippen LogP contribution is -2.35. The minimum Gasteiger partial charge on any atom is -0.359 e. The van der Waals surface area contributed by atoms with Crippen molar-refractivity contribution in [1.29, 1.82) is 0 Å². The Hall–Kier alpha value is -0.860. The standard InChI is InChI=1S/C14H21NO/c1-2-16-14(13-9-5-3-6-10-13)15-11-7-4-8-12-15/h3,5-6,9-10,14H,2,4,7-8,11-12H2,1H3. The monoisotopic (exact) mass is 219 g/mol. The Morgan fingerprint density at radius 2 is 1.81 bits per heavy atom. The fourth-order valence-electron chi connectivity index (χ4n) is 2.34. The molecule has 1 aliphatic heterocycles. The zero-order chi connectivity index (χ0) is 11.2. The second kappa shape index (κ2) is 6.02. The molecule has 1 unspecified atom stereocenters. The number of hydrogen-bond acceptors (Lipinski definition) is 2. The summed E-state index contributed by atoms with van der Waals surface area (Å²) in [6, 6.07) is 10.6. The minimum atomic E-state index is 0.159. The maximum absolute atomic E-state index is 5.89. The molecule has 0 N–H and O–H groups in total. The van der Waals surface area contributed by atoms with Gasteiger partial charge >= 0.3 is 0 Å². The number of rotatable bonds is 4. The van der Waals surface area contributed by atoms with Crippen molar-refractivity contribution in [3.63, 3.8) is 0 Å². The van der Waals surface area contributed by atoms with Gasteiger partial charge in [0, 0.05) is 19.7 Å². The van der Waals surface area contributed by atoms with Crippen LogP contribution < -0.4 is 0 Å². The molecule has 2 rings (SSSR count). The van der Waals surface area contributed by atoms with Gasteiger partial charge in [-0.25, -0.2) is 0 Å². The van der Waals surface area contributed by atoms with Gasteiger partial charge in [-0.15, -0.1) is 0 Å². The van der Waals surface area contributed by atoms with Crippen molar-refractivity contribution in [3.8, 4) is 0 Å². The van der Waals surface area contributed by atoms with Crippen LogP contribution in [0.2, 0.25) is 0 Å². The lowest BCUT2D eigenvalue weighted by atomic mass is 10.1. The van der Waals surface area contributed by atoms with E-state index in [-0.39, 0.29) is 6.23 Å². The molecule has 1 fully saturated rings. The van der Waals surface area contributed by atoms with Gasteiger partial charge in [0.25, 0.3) is 0 Å². The summed E-state index contributed by atoms with van der Waals surface area (Å²) in [7, 11) is 0. The fraction of sp³-hybridized carbons (Fsp3) is 0.571. The molecule has 0 bridgehead atoms. The van der Waals surface area contributed by atoms with Crippen LogP contribution in [-0.2, 0) is 4.74 Å². The molecule has 1 saturated heterocycles. The third-order valence-electron chi connectivity index (χ3n) is 3.13. The smallest absolute Gasteiger partial charge is 0.136 e. The molecular weight excluding hydrogens is 198 g/mol. The van der Waals surface area contributed by atoms with Crippen molar-refractivity contribution in [2.45, 2.75) is 32.4 Å². The van der Waals surface area contributed by atoms with Gasteiger partial charge in [0.15, 0.2) is 0 Å². The molecule has 1 aliphatic rings. The normalized spacial score (nSPS) is 19.6. The van der Waals surface area contributed by atoms with Crippen LogP contribution in [0.5, 0.6) is 0 Å². The molecule has 1 aromatic rings. The summed E-state index contributed by atoms with van der Waals surface area (Å²) in [6.07, 6.45) is 4.13. The highest BCUT2D eigenvalue weighted by atomic mass is 16.5. The van der Waals surface area contributed by atoms with Crippen molar-refractivity contribution in [3.05, 3.63) is 35.9 Å². The van der Waals surface area contributed by atoms with E-state index in [1.807, 2.05) is 0 Å². The zero-order valence-corrected chi connectivity index (χ0v) is 10.1. The summed E-state index contributed by atoms with van der Waals surface area (Å²) < 4.78 is 5.89. The quantitative estimate of drug-likeness (QED) is 0.771. The van der Waals surface area contributed by atoms with Crippen molar-refractivity contribution >= 4 is 0 Å². The van der Waals surface area contributed by atoms with Gasteiger partial charge < -0.3 is 4.74 Å². The summed E-state index contributed by atoms with van der Waals surface area (Å²) in [5.74, 6) is 0. The number of ether oxygens (including phenoxy) is 1. The molecule has 16 heavy (non-hydrogen) atoms. The summed E-state index contributed by atoms with van der Waals surface area (Å²) in [6.45, 7) is 5.18. The van der Waals surface area contributed by atoms with Crippen molar-refractivity contribution in [2.24, 2.45) is 0 Å².